The Morgan fingerprint density at radius 1 is 1.19 bits per heavy atom. The molecule has 2 heterocycles. The van der Waals surface area contributed by atoms with Crippen molar-refractivity contribution in [1.29, 1.82) is 0 Å². The van der Waals surface area contributed by atoms with Gasteiger partial charge in [-0.25, -0.2) is 0 Å². The van der Waals surface area contributed by atoms with E-state index in [0.29, 0.717) is 5.41 Å². The van der Waals surface area contributed by atoms with Gasteiger partial charge in [-0.3, -0.25) is 0 Å². The summed E-state index contributed by atoms with van der Waals surface area (Å²) in [5.74, 6) is 0. The first-order valence-corrected chi connectivity index (χ1v) is 7.18. The average molecular weight is 224 g/mol. The second-order valence-electron chi connectivity index (χ2n) is 6.03. The zero-order valence-electron chi connectivity index (χ0n) is 11.1. The molecule has 0 amide bonds. The molecule has 16 heavy (non-hydrogen) atoms. The maximum Gasteiger partial charge on any atom is 0.0108 e. The number of nitrogens with zero attached hydrogens (tertiary/aromatic N) is 1. The van der Waals surface area contributed by atoms with Gasteiger partial charge in [-0.1, -0.05) is 20.3 Å². The summed E-state index contributed by atoms with van der Waals surface area (Å²) in [7, 11) is 0. The van der Waals surface area contributed by atoms with Gasteiger partial charge >= 0.3 is 0 Å². The van der Waals surface area contributed by atoms with Crippen LogP contribution in [0, 0.1) is 5.41 Å². The van der Waals surface area contributed by atoms with Crippen molar-refractivity contribution in [3.05, 3.63) is 0 Å². The van der Waals surface area contributed by atoms with Gasteiger partial charge in [0.1, 0.15) is 0 Å². The van der Waals surface area contributed by atoms with Crippen LogP contribution >= 0.6 is 0 Å². The molecule has 1 atom stereocenters. The van der Waals surface area contributed by atoms with Crippen molar-refractivity contribution >= 4 is 0 Å². The van der Waals surface area contributed by atoms with Crippen LogP contribution in [-0.4, -0.2) is 37.1 Å². The topological polar surface area (TPSA) is 15.3 Å². The smallest absolute Gasteiger partial charge is 0.0108 e. The molecule has 2 fully saturated rings. The van der Waals surface area contributed by atoms with Gasteiger partial charge in [0.2, 0.25) is 0 Å². The van der Waals surface area contributed by atoms with E-state index in [-0.39, 0.29) is 0 Å². The predicted molar refractivity (Wildman–Crippen MR) is 69.7 cm³/mol. The van der Waals surface area contributed by atoms with Crippen molar-refractivity contribution in [2.75, 3.05) is 26.2 Å². The summed E-state index contributed by atoms with van der Waals surface area (Å²) in [4.78, 5) is 2.77. The lowest BCUT2D eigenvalue weighted by atomic mass is 9.78. The van der Waals surface area contributed by atoms with Crippen molar-refractivity contribution in [2.45, 2.75) is 58.4 Å². The second kappa shape index (κ2) is 5.50. The average Bonchev–Trinajstić information content (AvgIpc) is 2.59. The molecule has 1 N–H and O–H groups in total. The van der Waals surface area contributed by atoms with E-state index in [2.05, 4.69) is 24.1 Å². The summed E-state index contributed by atoms with van der Waals surface area (Å²) in [5.41, 5.74) is 0.638. The molecule has 2 rings (SSSR count). The maximum atomic E-state index is 3.52. The van der Waals surface area contributed by atoms with Gasteiger partial charge in [-0.05, 0) is 63.7 Å². The second-order valence-corrected chi connectivity index (χ2v) is 6.03. The van der Waals surface area contributed by atoms with E-state index in [0.717, 1.165) is 6.04 Å². The van der Waals surface area contributed by atoms with Crippen LogP contribution in [0.25, 0.3) is 0 Å². The Labute approximate surface area is 101 Å². The van der Waals surface area contributed by atoms with Crippen LogP contribution < -0.4 is 5.32 Å². The summed E-state index contributed by atoms with van der Waals surface area (Å²) >= 11 is 0. The SMILES string of the molecule is CCC1(C)CCN(C2CCCNCC2)CC1. The molecule has 2 aliphatic rings. The molecule has 2 heteroatoms. The zero-order valence-corrected chi connectivity index (χ0v) is 11.1. The fraction of sp³-hybridized carbons (Fsp3) is 1.00. The van der Waals surface area contributed by atoms with Crippen molar-refractivity contribution < 1.29 is 0 Å². The monoisotopic (exact) mass is 224 g/mol. The number of nitrogens with one attached hydrogen (secondary N) is 1. The van der Waals surface area contributed by atoms with Crippen LogP contribution in [0.5, 0.6) is 0 Å². The number of piperidine rings is 1. The highest BCUT2D eigenvalue weighted by atomic mass is 15.2. The Balaban J connectivity index is 1.83. The van der Waals surface area contributed by atoms with Crippen LogP contribution in [0.2, 0.25) is 0 Å². The predicted octanol–water partition coefficient (Wildman–Crippen LogP) is 2.64. The number of hydrogen-bond acceptors (Lipinski definition) is 2. The van der Waals surface area contributed by atoms with E-state index in [1.807, 2.05) is 0 Å². The van der Waals surface area contributed by atoms with Gasteiger partial charge < -0.3 is 10.2 Å². The summed E-state index contributed by atoms with van der Waals surface area (Å²) < 4.78 is 0. The molecule has 0 aromatic heterocycles. The van der Waals surface area contributed by atoms with Gasteiger partial charge in [-0.2, -0.15) is 0 Å². The highest BCUT2D eigenvalue weighted by Gasteiger charge is 2.31. The van der Waals surface area contributed by atoms with Gasteiger partial charge in [0, 0.05) is 6.04 Å². The molecular weight excluding hydrogens is 196 g/mol. The molecule has 1 unspecified atom stereocenters. The van der Waals surface area contributed by atoms with Gasteiger partial charge in [0.15, 0.2) is 0 Å². The first kappa shape index (κ1) is 12.4. The Morgan fingerprint density at radius 2 is 1.94 bits per heavy atom. The molecular formula is C14H28N2. The Morgan fingerprint density at radius 3 is 2.62 bits per heavy atom. The number of rotatable bonds is 2. The van der Waals surface area contributed by atoms with Gasteiger partial charge in [-0.15, -0.1) is 0 Å². The third-order valence-electron chi connectivity index (χ3n) is 4.92. The van der Waals surface area contributed by atoms with E-state index < -0.39 is 0 Å². The van der Waals surface area contributed by atoms with Crippen molar-refractivity contribution in [1.82, 2.24) is 10.2 Å². The highest BCUT2D eigenvalue weighted by molar-refractivity contribution is 4.85. The zero-order chi connectivity index (χ0) is 11.4. The number of likely N-dealkylation sites (tertiary alicyclic amines) is 1. The first-order chi connectivity index (χ1) is 7.73. The van der Waals surface area contributed by atoms with Gasteiger partial charge in [0.05, 0.1) is 0 Å². The molecule has 2 nitrogen and oxygen atoms in total. The Kier molecular flexibility index (Phi) is 4.26. The fourth-order valence-electron chi connectivity index (χ4n) is 3.15. The minimum Gasteiger partial charge on any atom is -0.317 e. The Bertz CT molecular complexity index is 199. The third kappa shape index (κ3) is 2.98. The molecule has 94 valence electrons. The molecule has 0 bridgehead atoms. The summed E-state index contributed by atoms with van der Waals surface area (Å²) in [5, 5.41) is 3.52. The van der Waals surface area contributed by atoms with E-state index in [1.165, 1.54) is 64.7 Å². The molecule has 0 aromatic carbocycles. The van der Waals surface area contributed by atoms with Crippen LogP contribution in [0.3, 0.4) is 0 Å². The van der Waals surface area contributed by atoms with E-state index in [4.69, 9.17) is 0 Å². The molecule has 0 saturated carbocycles. The minimum absolute atomic E-state index is 0.638. The van der Waals surface area contributed by atoms with Crippen LogP contribution in [0.1, 0.15) is 52.4 Å². The number of hydrogen-bond donors (Lipinski definition) is 1. The van der Waals surface area contributed by atoms with E-state index in [9.17, 15) is 0 Å². The van der Waals surface area contributed by atoms with E-state index in [1.54, 1.807) is 0 Å². The normalized spacial score (nSPS) is 32.2. The van der Waals surface area contributed by atoms with E-state index >= 15 is 0 Å². The lowest BCUT2D eigenvalue weighted by Crippen LogP contribution is -2.44. The quantitative estimate of drug-likeness (QED) is 0.776. The van der Waals surface area contributed by atoms with Crippen molar-refractivity contribution in [2.24, 2.45) is 5.41 Å². The molecule has 0 radical (unpaired) electrons. The third-order valence-corrected chi connectivity index (χ3v) is 4.92. The van der Waals surface area contributed by atoms with Crippen LogP contribution in [0.15, 0.2) is 0 Å². The molecule has 0 aliphatic carbocycles. The largest absolute Gasteiger partial charge is 0.317 e. The minimum atomic E-state index is 0.638. The van der Waals surface area contributed by atoms with Crippen molar-refractivity contribution in [3.63, 3.8) is 0 Å². The molecule has 2 saturated heterocycles. The van der Waals surface area contributed by atoms with Crippen LogP contribution in [0.4, 0.5) is 0 Å². The molecule has 0 aromatic rings. The lowest BCUT2D eigenvalue weighted by Gasteiger charge is -2.42. The first-order valence-electron chi connectivity index (χ1n) is 7.18. The lowest BCUT2D eigenvalue weighted by molar-refractivity contribution is 0.0757. The standard InChI is InChI=1S/C14H28N2/c1-3-14(2)7-11-16(12-8-14)13-5-4-9-15-10-6-13/h13,15H,3-12H2,1-2H3. The maximum absolute atomic E-state index is 3.52. The van der Waals surface area contributed by atoms with Crippen LogP contribution in [-0.2, 0) is 0 Å². The van der Waals surface area contributed by atoms with Gasteiger partial charge in [0.25, 0.3) is 0 Å². The molecule has 2 aliphatic heterocycles. The Hall–Kier alpha value is -0.0800. The summed E-state index contributed by atoms with van der Waals surface area (Å²) in [6, 6.07) is 0.872. The summed E-state index contributed by atoms with van der Waals surface area (Å²) in [6.07, 6.45) is 8.32. The fourth-order valence-corrected chi connectivity index (χ4v) is 3.15. The van der Waals surface area contributed by atoms with Crippen molar-refractivity contribution in [3.8, 4) is 0 Å². The molecule has 0 spiro atoms. The highest BCUT2D eigenvalue weighted by Crippen LogP contribution is 2.35. The summed E-state index contributed by atoms with van der Waals surface area (Å²) in [6.45, 7) is 9.97.